The van der Waals surface area contributed by atoms with Crippen LogP contribution >= 0.6 is 0 Å². The number of hydrogen-bond acceptors (Lipinski definition) is 2. The van der Waals surface area contributed by atoms with Crippen molar-refractivity contribution in [1.29, 1.82) is 0 Å². The first-order valence-corrected chi connectivity index (χ1v) is 8.62. The summed E-state index contributed by atoms with van der Waals surface area (Å²) in [6, 6.07) is 9.34. The van der Waals surface area contributed by atoms with Crippen molar-refractivity contribution in [3.63, 3.8) is 0 Å². The van der Waals surface area contributed by atoms with Crippen LogP contribution in [0.1, 0.15) is 48.5 Å². The molecule has 0 spiro atoms. The molecule has 3 N–H and O–H groups in total. The van der Waals surface area contributed by atoms with Gasteiger partial charge in [0.25, 0.3) is 0 Å². The first kappa shape index (κ1) is 13.9. The lowest BCUT2D eigenvalue weighted by atomic mass is 9.89. The van der Waals surface area contributed by atoms with E-state index in [9.17, 15) is 0 Å². The number of rotatable bonds is 3. The standard InChI is InChI=1S/C19H25N3/c1-20-14-10-8-13(9-11-14)18-15-5-2-3-6-16(15)19(22-18)17-7-4-12-21-17/h8-11,17,20-22H,2-7,12H2,1H3. The number of anilines is 1. The highest BCUT2D eigenvalue weighted by Crippen LogP contribution is 2.38. The summed E-state index contributed by atoms with van der Waals surface area (Å²) < 4.78 is 0. The van der Waals surface area contributed by atoms with Crippen molar-refractivity contribution >= 4 is 5.69 Å². The predicted molar refractivity (Wildman–Crippen MR) is 92.4 cm³/mol. The van der Waals surface area contributed by atoms with E-state index in [1.807, 2.05) is 7.05 Å². The van der Waals surface area contributed by atoms with Gasteiger partial charge in [0.15, 0.2) is 0 Å². The summed E-state index contributed by atoms with van der Waals surface area (Å²) in [5.74, 6) is 0. The summed E-state index contributed by atoms with van der Waals surface area (Å²) in [5.41, 5.74) is 8.51. The van der Waals surface area contributed by atoms with E-state index < -0.39 is 0 Å². The van der Waals surface area contributed by atoms with Gasteiger partial charge < -0.3 is 15.6 Å². The monoisotopic (exact) mass is 295 g/mol. The maximum atomic E-state index is 3.81. The van der Waals surface area contributed by atoms with Crippen LogP contribution in [-0.4, -0.2) is 18.6 Å². The van der Waals surface area contributed by atoms with Gasteiger partial charge in [0.1, 0.15) is 0 Å². The van der Waals surface area contributed by atoms with Gasteiger partial charge in [0, 0.05) is 30.2 Å². The molecule has 2 aliphatic rings. The van der Waals surface area contributed by atoms with Crippen molar-refractivity contribution < 1.29 is 0 Å². The lowest BCUT2D eigenvalue weighted by Crippen LogP contribution is -2.15. The fraction of sp³-hybridized carbons (Fsp3) is 0.474. The average Bonchev–Trinajstić information content (AvgIpc) is 3.22. The van der Waals surface area contributed by atoms with Crippen LogP contribution in [0.15, 0.2) is 24.3 Å². The summed E-state index contributed by atoms with van der Waals surface area (Å²) in [5, 5.41) is 6.86. The summed E-state index contributed by atoms with van der Waals surface area (Å²) in [4.78, 5) is 3.81. The molecule has 3 heteroatoms. The molecule has 1 unspecified atom stereocenters. The molecule has 0 amide bonds. The third kappa shape index (κ3) is 2.34. The molecule has 116 valence electrons. The second kappa shape index (κ2) is 5.81. The minimum atomic E-state index is 0.539. The first-order chi connectivity index (χ1) is 10.9. The van der Waals surface area contributed by atoms with E-state index in [1.54, 1.807) is 11.1 Å². The normalized spacial score (nSPS) is 20.9. The molecule has 1 fully saturated rings. The van der Waals surface area contributed by atoms with Gasteiger partial charge >= 0.3 is 0 Å². The van der Waals surface area contributed by atoms with E-state index in [-0.39, 0.29) is 0 Å². The van der Waals surface area contributed by atoms with E-state index >= 15 is 0 Å². The maximum absolute atomic E-state index is 3.81. The van der Waals surface area contributed by atoms with E-state index in [0.717, 1.165) is 6.54 Å². The zero-order valence-electron chi connectivity index (χ0n) is 13.3. The molecule has 1 aliphatic carbocycles. The van der Waals surface area contributed by atoms with Crippen LogP contribution in [0.5, 0.6) is 0 Å². The topological polar surface area (TPSA) is 39.9 Å². The number of aromatic amines is 1. The van der Waals surface area contributed by atoms with Crippen molar-refractivity contribution in [1.82, 2.24) is 10.3 Å². The summed E-state index contributed by atoms with van der Waals surface area (Å²) in [6.07, 6.45) is 7.69. The average molecular weight is 295 g/mol. The van der Waals surface area contributed by atoms with Crippen molar-refractivity contribution in [2.45, 2.75) is 44.6 Å². The number of aromatic nitrogens is 1. The van der Waals surface area contributed by atoms with Crippen LogP contribution in [0.3, 0.4) is 0 Å². The molecule has 0 radical (unpaired) electrons. The van der Waals surface area contributed by atoms with Gasteiger partial charge in [-0.15, -0.1) is 0 Å². The molecule has 22 heavy (non-hydrogen) atoms. The molecule has 0 bridgehead atoms. The lowest BCUT2D eigenvalue weighted by molar-refractivity contribution is 0.611. The summed E-state index contributed by atoms with van der Waals surface area (Å²) in [6.45, 7) is 1.16. The number of nitrogens with one attached hydrogen (secondary N) is 3. The molecule has 3 nitrogen and oxygen atoms in total. The van der Waals surface area contributed by atoms with E-state index in [1.165, 1.54) is 61.2 Å². The SMILES string of the molecule is CNc1ccc(-c2[nH]c(C3CCCN3)c3c2CCCC3)cc1. The van der Waals surface area contributed by atoms with E-state index in [2.05, 4.69) is 39.9 Å². The van der Waals surface area contributed by atoms with Crippen LogP contribution in [-0.2, 0) is 12.8 Å². The summed E-state index contributed by atoms with van der Waals surface area (Å²) >= 11 is 0. The zero-order valence-corrected chi connectivity index (χ0v) is 13.3. The van der Waals surface area contributed by atoms with Gasteiger partial charge in [-0.2, -0.15) is 0 Å². The smallest absolute Gasteiger partial charge is 0.0491 e. The van der Waals surface area contributed by atoms with Gasteiger partial charge in [0.05, 0.1) is 0 Å². The lowest BCUT2D eigenvalue weighted by Gasteiger charge is -2.16. The van der Waals surface area contributed by atoms with Gasteiger partial charge in [-0.25, -0.2) is 0 Å². The Kier molecular flexibility index (Phi) is 3.67. The Labute approximate surface area is 132 Å². The Balaban J connectivity index is 1.77. The molecule has 1 atom stereocenters. The molecule has 1 aromatic heterocycles. The van der Waals surface area contributed by atoms with Crippen LogP contribution in [0.25, 0.3) is 11.3 Å². The third-order valence-electron chi connectivity index (χ3n) is 5.23. The molecular weight excluding hydrogens is 270 g/mol. The zero-order chi connectivity index (χ0) is 14.9. The molecular formula is C19H25N3. The Morgan fingerprint density at radius 2 is 1.77 bits per heavy atom. The molecule has 2 aromatic rings. The predicted octanol–water partition coefficient (Wildman–Crippen LogP) is 4.03. The molecule has 1 aromatic carbocycles. The molecule has 4 rings (SSSR count). The molecule has 2 heterocycles. The number of hydrogen-bond donors (Lipinski definition) is 3. The minimum Gasteiger partial charge on any atom is -0.388 e. The highest BCUT2D eigenvalue weighted by atomic mass is 15.0. The number of H-pyrrole nitrogens is 1. The summed E-state index contributed by atoms with van der Waals surface area (Å²) in [7, 11) is 1.97. The second-order valence-electron chi connectivity index (χ2n) is 6.55. The number of benzene rings is 1. The minimum absolute atomic E-state index is 0.539. The van der Waals surface area contributed by atoms with E-state index in [4.69, 9.17) is 0 Å². The third-order valence-corrected chi connectivity index (χ3v) is 5.23. The van der Waals surface area contributed by atoms with Gasteiger partial charge in [-0.1, -0.05) is 12.1 Å². The van der Waals surface area contributed by atoms with Crippen LogP contribution in [0.2, 0.25) is 0 Å². The van der Waals surface area contributed by atoms with Crippen molar-refractivity contribution in [3.05, 3.63) is 41.1 Å². The fourth-order valence-electron chi connectivity index (χ4n) is 4.04. The molecule has 1 saturated heterocycles. The van der Waals surface area contributed by atoms with Crippen LogP contribution < -0.4 is 10.6 Å². The highest BCUT2D eigenvalue weighted by Gasteiger charge is 2.27. The van der Waals surface area contributed by atoms with E-state index in [0.29, 0.717) is 6.04 Å². The fourth-order valence-corrected chi connectivity index (χ4v) is 4.04. The number of fused-ring (bicyclic) bond motifs is 1. The van der Waals surface area contributed by atoms with Crippen molar-refractivity contribution in [2.24, 2.45) is 0 Å². The van der Waals surface area contributed by atoms with Crippen LogP contribution in [0, 0.1) is 0 Å². The largest absolute Gasteiger partial charge is 0.388 e. The molecule has 0 saturated carbocycles. The van der Waals surface area contributed by atoms with Crippen molar-refractivity contribution in [2.75, 3.05) is 18.9 Å². The van der Waals surface area contributed by atoms with Gasteiger partial charge in [0.2, 0.25) is 0 Å². The second-order valence-corrected chi connectivity index (χ2v) is 6.55. The Morgan fingerprint density at radius 3 is 2.45 bits per heavy atom. The van der Waals surface area contributed by atoms with Gasteiger partial charge in [-0.3, -0.25) is 0 Å². The molecule has 1 aliphatic heterocycles. The first-order valence-electron chi connectivity index (χ1n) is 8.62. The quantitative estimate of drug-likeness (QED) is 0.800. The maximum Gasteiger partial charge on any atom is 0.0491 e. The van der Waals surface area contributed by atoms with Crippen molar-refractivity contribution in [3.8, 4) is 11.3 Å². The van der Waals surface area contributed by atoms with Crippen LogP contribution in [0.4, 0.5) is 5.69 Å². The Hall–Kier alpha value is -1.74. The Morgan fingerprint density at radius 1 is 1.00 bits per heavy atom. The van der Waals surface area contributed by atoms with Gasteiger partial charge in [-0.05, 0) is 73.9 Å². The highest BCUT2D eigenvalue weighted by molar-refractivity contribution is 5.69. The Bertz CT molecular complexity index is 648.